The van der Waals surface area contributed by atoms with Crippen molar-refractivity contribution in [1.82, 2.24) is 4.98 Å². The molecule has 3 unspecified atom stereocenters. The smallest absolute Gasteiger partial charge is 0.121 e. The third kappa shape index (κ3) is 2.58. The highest BCUT2D eigenvalue weighted by Crippen LogP contribution is 2.38. The number of aliphatic hydroxyl groups is 1. The van der Waals surface area contributed by atoms with Gasteiger partial charge < -0.3 is 5.11 Å². The van der Waals surface area contributed by atoms with Gasteiger partial charge in [0.2, 0.25) is 0 Å². The molecule has 0 spiro atoms. The Hall–Kier alpha value is -0.410. The van der Waals surface area contributed by atoms with Crippen LogP contribution in [-0.2, 0) is 0 Å². The summed E-state index contributed by atoms with van der Waals surface area (Å²) in [6, 6.07) is 0. The van der Waals surface area contributed by atoms with Crippen LogP contribution in [0, 0.1) is 11.8 Å². The van der Waals surface area contributed by atoms with Crippen LogP contribution in [0.1, 0.15) is 50.1 Å². The molecular formula is C12H19NOS. The van der Waals surface area contributed by atoms with E-state index in [0.717, 1.165) is 17.3 Å². The third-order valence-electron chi connectivity index (χ3n) is 3.55. The van der Waals surface area contributed by atoms with Crippen molar-refractivity contribution in [2.75, 3.05) is 0 Å². The Morgan fingerprint density at radius 2 is 2.47 bits per heavy atom. The topological polar surface area (TPSA) is 33.1 Å². The van der Waals surface area contributed by atoms with Crippen molar-refractivity contribution in [2.45, 2.75) is 45.1 Å². The third-order valence-corrected chi connectivity index (χ3v) is 4.40. The van der Waals surface area contributed by atoms with Gasteiger partial charge in [0.1, 0.15) is 11.1 Å². The second kappa shape index (κ2) is 5.08. The van der Waals surface area contributed by atoms with E-state index in [4.69, 9.17) is 0 Å². The first-order valence-electron chi connectivity index (χ1n) is 5.88. The summed E-state index contributed by atoms with van der Waals surface area (Å²) in [5, 5.41) is 13.0. The van der Waals surface area contributed by atoms with Gasteiger partial charge in [0.05, 0.1) is 0 Å². The Kier molecular flexibility index (Phi) is 3.76. The number of aliphatic hydroxyl groups excluding tert-OH is 1. The van der Waals surface area contributed by atoms with Crippen molar-refractivity contribution in [3.8, 4) is 0 Å². The number of rotatable bonds is 3. The lowest BCUT2D eigenvalue weighted by molar-refractivity contribution is 0.0676. The lowest BCUT2D eigenvalue weighted by Gasteiger charge is -2.30. The van der Waals surface area contributed by atoms with Gasteiger partial charge in [-0.2, -0.15) is 0 Å². The van der Waals surface area contributed by atoms with Gasteiger partial charge in [0, 0.05) is 11.6 Å². The number of hydrogen-bond acceptors (Lipinski definition) is 3. The summed E-state index contributed by atoms with van der Waals surface area (Å²) < 4.78 is 0. The van der Waals surface area contributed by atoms with Crippen LogP contribution in [0.4, 0.5) is 0 Å². The Balaban J connectivity index is 1.98. The Morgan fingerprint density at radius 3 is 3.13 bits per heavy atom. The molecule has 3 atom stereocenters. The van der Waals surface area contributed by atoms with Gasteiger partial charge in [-0.1, -0.05) is 26.2 Å². The molecule has 1 N–H and O–H groups in total. The maximum Gasteiger partial charge on any atom is 0.121 e. The number of aromatic nitrogens is 1. The average molecular weight is 225 g/mol. The summed E-state index contributed by atoms with van der Waals surface area (Å²) in [5.74, 6) is 1.26. The van der Waals surface area contributed by atoms with Crippen LogP contribution in [0.3, 0.4) is 0 Å². The largest absolute Gasteiger partial charge is 0.386 e. The first kappa shape index (κ1) is 11.1. The summed E-state index contributed by atoms with van der Waals surface area (Å²) in [5.41, 5.74) is 0. The Bertz CT molecular complexity index is 286. The van der Waals surface area contributed by atoms with Crippen LogP contribution < -0.4 is 0 Å². The van der Waals surface area contributed by atoms with Crippen molar-refractivity contribution in [1.29, 1.82) is 0 Å². The molecular weight excluding hydrogens is 206 g/mol. The second-order valence-electron chi connectivity index (χ2n) is 4.52. The highest BCUT2D eigenvalue weighted by Gasteiger charge is 2.28. The molecule has 2 rings (SSSR count). The zero-order valence-corrected chi connectivity index (χ0v) is 10.0. The van der Waals surface area contributed by atoms with Gasteiger partial charge in [-0.15, -0.1) is 11.3 Å². The Labute approximate surface area is 95.4 Å². The van der Waals surface area contributed by atoms with E-state index in [1.165, 1.54) is 25.7 Å². The van der Waals surface area contributed by atoms with E-state index < -0.39 is 0 Å². The van der Waals surface area contributed by atoms with E-state index >= 15 is 0 Å². The quantitative estimate of drug-likeness (QED) is 0.855. The monoisotopic (exact) mass is 225 g/mol. The molecule has 1 aliphatic carbocycles. The second-order valence-corrected chi connectivity index (χ2v) is 5.44. The fraction of sp³-hybridized carbons (Fsp3) is 0.750. The summed E-state index contributed by atoms with van der Waals surface area (Å²) >= 11 is 1.57. The molecule has 0 aromatic carbocycles. The number of nitrogens with zero attached hydrogens (tertiary/aromatic N) is 1. The molecule has 1 fully saturated rings. The SMILES string of the molecule is CCC1CCCC(C(O)c2nccs2)C1. The molecule has 0 aliphatic heterocycles. The lowest BCUT2D eigenvalue weighted by Crippen LogP contribution is -2.21. The van der Waals surface area contributed by atoms with Gasteiger partial charge >= 0.3 is 0 Å². The Morgan fingerprint density at radius 1 is 1.60 bits per heavy atom. The highest BCUT2D eigenvalue weighted by molar-refractivity contribution is 7.09. The number of thiazole rings is 1. The molecule has 0 bridgehead atoms. The van der Waals surface area contributed by atoms with Gasteiger partial charge in [-0.05, 0) is 24.7 Å². The van der Waals surface area contributed by atoms with Crippen molar-refractivity contribution in [2.24, 2.45) is 11.8 Å². The molecule has 1 aromatic heterocycles. The first-order chi connectivity index (χ1) is 7.31. The normalized spacial score (nSPS) is 28.9. The minimum atomic E-state index is -0.320. The average Bonchev–Trinajstić information content (AvgIpc) is 2.81. The maximum absolute atomic E-state index is 10.2. The van der Waals surface area contributed by atoms with Crippen LogP contribution in [0.5, 0.6) is 0 Å². The standard InChI is InChI=1S/C12H19NOS/c1-2-9-4-3-5-10(8-9)11(14)12-13-6-7-15-12/h6-7,9-11,14H,2-5,8H2,1H3. The summed E-state index contributed by atoms with van der Waals surface area (Å²) in [6.07, 6.45) is 7.67. The van der Waals surface area contributed by atoms with Crippen LogP contribution in [0.15, 0.2) is 11.6 Å². The molecule has 0 amide bonds. The van der Waals surface area contributed by atoms with E-state index in [9.17, 15) is 5.11 Å². The van der Waals surface area contributed by atoms with Crippen LogP contribution in [-0.4, -0.2) is 10.1 Å². The molecule has 0 radical (unpaired) electrons. The van der Waals surface area contributed by atoms with E-state index in [-0.39, 0.29) is 6.10 Å². The fourth-order valence-electron chi connectivity index (χ4n) is 2.57. The van der Waals surface area contributed by atoms with Crippen LogP contribution in [0.2, 0.25) is 0 Å². The molecule has 1 saturated carbocycles. The van der Waals surface area contributed by atoms with E-state index in [1.54, 1.807) is 17.5 Å². The summed E-state index contributed by atoms with van der Waals surface area (Å²) in [4.78, 5) is 4.21. The predicted molar refractivity (Wildman–Crippen MR) is 62.8 cm³/mol. The van der Waals surface area contributed by atoms with Gasteiger partial charge in [0.25, 0.3) is 0 Å². The molecule has 3 heteroatoms. The first-order valence-corrected chi connectivity index (χ1v) is 6.76. The molecule has 1 aliphatic rings. The maximum atomic E-state index is 10.2. The minimum Gasteiger partial charge on any atom is -0.386 e. The van der Waals surface area contributed by atoms with Crippen LogP contribution >= 0.6 is 11.3 Å². The van der Waals surface area contributed by atoms with E-state index in [1.807, 2.05) is 5.38 Å². The molecule has 0 saturated heterocycles. The van der Waals surface area contributed by atoms with Crippen molar-refractivity contribution >= 4 is 11.3 Å². The highest BCUT2D eigenvalue weighted by atomic mass is 32.1. The molecule has 84 valence electrons. The summed E-state index contributed by atoms with van der Waals surface area (Å²) in [7, 11) is 0. The van der Waals surface area contributed by atoms with E-state index in [2.05, 4.69) is 11.9 Å². The van der Waals surface area contributed by atoms with Crippen molar-refractivity contribution in [3.63, 3.8) is 0 Å². The number of hydrogen-bond donors (Lipinski definition) is 1. The van der Waals surface area contributed by atoms with Gasteiger partial charge in [-0.25, -0.2) is 4.98 Å². The molecule has 15 heavy (non-hydrogen) atoms. The van der Waals surface area contributed by atoms with E-state index in [0.29, 0.717) is 5.92 Å². The molecule has 1 aromatic rings. The fourth-order valence-corrected chi connectivity index (χ4v) is 3.29. The van der Waals surface area contributed by atoms with Crippen LogP contribution in [0.25, 0.3) is 0 Å². The zero-order valence-electron chi connectivity index (χ0n) is 9.22. The minimum absolute atomic E-state index is 0.320. The molecule has 2 nitrogen and oxygen atoms in total. The van der Waals surface area contributed by atoms with Gasteiger partial charge in [0.15, 0.2) is 0 Å². The summed E-state index contributed by atoms with van der Waals surface area (Å²) in [6.45, 7) is 2.25. The predicted octanol–water partition coefficient (Wildman–Crippen LogP) is 3.39. The van der Waals surface area contributed by atoms with Crippen molar-refractivity contribution < 1.29 is 5.11 Å². The van der Waals surface area contributed by atoms with Crippen molar-refractivity contribution in [3.05, 3.63) is 16.6 Å². The molecule has 1 heterocycles. The zero-order chi connectivity index (χ0) is 10.7. The van der Waals surface area contributed by atoms with Gasteiger partial charge in [-0.3, -0.25) is 0 Å². The lowest BCUT2D eigenvalue weighted by atomic mass is 9.78.